The number of unbranched alkanes of at least 4 members (excludes halogenated alkanes) is 1. The Morgan fingerprint density at radius 3 is 2.65 bits per heavy atom. The van der Waals surface area contributed by atoms with Gasteiger partial charge in [-0.3, -0.25) is 4.79 Å². The summed E-state index contributed by atoms with van der Waals surface area (Å²) in [5.74, 6) is 2.29. The van der Waals surface area contributed by atoms with Crippen LogP contribution in [0, 0.1) is 0 Å². The Morgan fingerprint density at radius 2 is 2.05 bits per heavy atom. The zero-order chi connectivity index (χ0) is 14.8. The number of rotatable bonds is 9. The summed E-state index contributed by atoms with van der Waals surface area (Å²) in [6.45, 7) is 3.94. The molecule has 0 aromatic heterocycles. The van der Waals surface area contributed by atoms with Gasteiger partial charge in [-0.15, -0.1) is 0 Å². The molecule has 0 aliphatic heterocycles. The van der Waals surface area contributed by atoms with Crippen LogP contribution < -0.4 is 4.74 Å². The smallest absolute Gasteiger partial charge is 0.303 e. The molecule has 0 unspecified atom stereocenters. The van der Waals surface area contributed by atoms with Gasteiger partial charge >= 0.3 is 5.97 Å². The number of thioether (sulfide) groups is 1. The minimum atomic E-state index is -0.272. The Labute approximate surface area is 130 Å². The van der Waals surface area contributed by atoms with Crippen molar-refractivity contribution in [3.05, 3.63) is 29.3 Å². The normalized spacial score (nSPS) is 11.9. The maximum absolute atomic E-state index is 11.1. The molecule has 1 aromatic rings. The second-order valence-corrected chi connectivity index (χ2v) is 6.01. The van der Waals surface area contributed by atoms with E-state index in [0.29, 0.717) is 11.6 Å². The summed E-state index contributed by atoms with van der Waals surface area (Å²) in [7, 11) is 0. The highest BCUT2D eigenvalue weighted by atomic mass is 35.5. The first-order chi connectivity index (χ1) is 9.61. The average Bonchev–Trinajstić information content (AvgIpc) is 2.42. The first-order valence-electron chi connectivity index (χ1n) is 6.75. The maximum atomic E-state index is 11.1. The summed E-state index contributed by atoms with van der Waals surface area (Å²) in [6, 6.07) is 7.15. The quantitative estimate of drug-likeness (QED) is 0.505. The number of carbonyl (C=O) groups is 1. The summed E-state index contributed by atoms with van der Waals surface area (Å²) in [6.07, 6.45) is 2.13. The first kappa shape index (κ1) is 17.2. The molecule has 112 valence electrons. The molecular weight excluding hydrogens is 296 g/mol. The van der Waals surface area contributed by atoms with Gasteiger partial charge in [-0.25, -0.2) is 0 Å². The van der Waals surface area contributed by atoms with E-state index in [0.717, 1.165) is 17.3 Å². The summed E-state index contributed by atoms with van der Waals surface area (Å²) in [5, 5.41) is 0.670. The van der Waals surface area contributed by atoms with E-state index in [1.54, 1.807) is 36.0 Å². The van der Waals surface area contributed by atoms with Crippen LogP contribution in [0.4, 0.5) is 0 Å². The van der Waals surface area contributed by atoms with Crippen LogP contribution in [0.2, 0.25) is 5.02 Å². The molecule has 0 spiro atoms. The SMILES string of the molecule is CCCCSC[C@H](COc1ccc(Cl)cc1)OC(C)=O. The fourth-order valence-electron chi connectivity index (χ4n) is 1.53. The van der Waals surface area contributed by atoms with Gasteiger partial charge in [0.15, 0.2) is 0 Å². The molecule has 3 nitrogen and oxygen atoms in total. The van der Waals surface area contributed by atoms with Gasteiger partial charge in [0, 0.05) is 17.7 Å². The van der Waals surface area contributed by atoms with Crippen LogP contribution in [0.3, 0.4) is 0 Å². The number of hydrogen-bond acceptors (Lipinski definition) is 4. The Hall–Kier alpha value is -0.870. The third kappa shape index (κ3) is 7.65. The molecule has 0 radical (unpaired) electrons. The molecule has 0 saturated heterocycles. The molecular formula is C15H21ClO3S. The van der Waals surface area contributed by atoms with Gasteiger partial charge in [0.05, 0.1) is 0 Å². The summed E-state index contributed by atoms with van der Waals surface area (Å²) < 4.78 is 10.9. The standard InChI is InChI=1S/C15H21ClO3S/c1-3-4-9-20-11-15(19-12(2)17)10-18-14-7-5-13(16)6-8-14/h5-8,15H,3-4,9-11H2,1-2H3/t15-/m0/s1. The average molecular weight is 317 g/mol. The predicted molar refractivity (Wildman–Crippen MR) is 84.7 cm³/mol. The van der Waals surface area contributed by atoms with E-state index in [1.165, 1.54) is 19.8 Å². The monoisotopic (exact) mass is 316 g/mol. The van der Waals surface area contributed by atoms with Crippen LogP contribution in [0.15, 0.2) is 24.3 Å². The number of carbonyl (C=O) groups excluding carboxylic acids is 1. The lowest BCUT2D eigenvalue weighted by molar-refractivity contribution is -0.146. The molecule has 0 N–H and O–H groups in total. The van der Waals surface area contributed by atoms with Crippen LogP contribution in [0.1, 0.15) is 26.7 Å². The van der Waals surface area contributed by atoms with Crippen molar-refractivity contribution in [2.45, 2.75) is 32.8 Å². The number of hydrogen-bond donors (Lipinski definition) is 0. The lowest BCUT2D eigenvalue weighted by Crippen LogP contribution is -2.26. The number of esters is 1. The molecule has 1 rings (SSSR count). The van der Waals surface area contributed by atoms with Crippen molar-refractivity contribution in [1.82, 2.24) is 0 Å². The second kappa shape index (κ2) is 9.94. The minimum Gasteiger partial charge on any atom is -0.490 e. The summed E-state index contributed by atoms with van der Waals surface area (Å²) in [5.41, 5.74) is 0. The maximum Gasteiger partial charge on any atom is 0.303 e. The summed E-state index contributed by atoms with van der Waals surface area (Å²) >= 11 is 7.60. The van der Waals surface area contributed by atoms with Crippen molar-refractivity contribution in [1.29, 1.82) is 0 Å². The number of ether oxygens (including phenoxy) is 2. The number of halogens is 1. The molecule has 1 atom stereocenters. The van der Waals surface area contributed by atoms with Crippen LogP contribution in [-0.4, -0.2) is 30.2 Å². The van der Waals surface area contributed by atoms with E-state index in [2.05, 4.69) is 6.92 Å². The molecule has 0 aliphatic carbocycles. The first-order valence-corrected chi connectivity index (χ1v) is 8.28. The Morgan fingerprint density at radius 1 is 1.35 bits per heavy atom. The Bertz CT molecular complexity index is 395. The van der Waals surface area contributed by atoms with Crippen LogP contribution in [0.25, 0.3) is 0 Å². The Balaban J connectivity index is 2.38. The van der Waals surface area contributed by atoms with Crippen molar-refractivity contribution >= 4 is 29.3 Å². The van der Waals surface area contributed by atoms with Crippen LogP contribution in [0.5, 0.6) is 5.75 Å². The number of benzene rings is 1. The molecule has 0 fully saturated rings. The predicted octanol–water partition coefficient (Wildman–Crippen LogP) is 4.18. The fraction of sp³-hybridized carbons (Fsp3) is 0.533. The molecule has 0 saturated carbocycles. The van der Waals surface area contributed by atoms with E-state index in [4.69, 9.17) is 21.1 Å². The summed E-state index contributed by atoms with van der Waals surface area (Å²) in [4.78, 5) is 11.1. The van der Waals surface area contributed by atoms with Crippen molar-refractivity contribution in [2.75, 3.05) is 18.1 Å². The zero-order valence-corrected chi connectivity index (χ0v) is 13.5. The van der Waals surface area contributed by atoms with E-state index in [-0.39, 0.29) is 12.1 Å². The molecule has 1 aromatic carbocycles. The van der Waals surface area contributed by atoms with Crippen LogP contribution >= 0.6 is 23.4 Å². The van der Waals surface area contributed by atoms with Gasteiger partial charge in [-0.05, 0) is 36.4 Å². The van der Waals surface area contributed by atoms with Crippen molar-refractivity contribution in [2.24, 2.45) is 0 Å². The fourth-order valence-corrected chi connectivity index (χ4v) is 2.74. The van der Waals surface area contributed by atoms with Gasteiger partial charge in [0.1, 0.15) is 18.5 Å². The molecule has 0 amide bonds. The second-order valence-electron chi connectivity index (χ2n) is 4.42. The van der Waals surface area contributed by atoms with Crippen molar-refractivity contribution in [3.8, 4) is 5.75 Å². The Kier molecular flexibility index (Phi) is 8.54. The van der Waals surface area contributed by atoms with Crippen molar-refractivity contribution < 1.29 is 14.3 Å². The topological polar surface area (TPSA) is 35.5 Å². The molecule has 20 heavy (non-hydrogen) atoms. The minimum absolute atomic E-state index is 0.218. The lowest BCUT2D eigenvalue weighted by atomic mass is 10.3. The molecule has 0 heterocycles. The molecule has 0 aliphatic rings. The largest absolute Gasteiger partial charge is 0.490 e. The van der Waals surface area contributed by atoms with Gasteiger partial charge < -0.3 is 9.47 Å². The lowest BCUT2D eigenvalue weighted by Gasteiger charge is -2.17. The van der Waals surface area contributed by atoms with E-state index >= 15 is 0 Å². The highest BCUT2D eigenvalue weighted by molar-refractivity contribution is 7.99. The van der Waals surface area contributed by atoms with E-state index in [1.807, 2.05) is 0 Å². The molecule has 5 heteroatoms. The third-order valence-corrected chi connectivity index (χ3v) is 3.96. The third-order valence-electron chi connectivity index (χ3n) is 2.53. The zero-order valence-electron chi connectivity index (χ0n) is 11.9. The van der Waals surface area contributed by atoms with Crippen molar-refractivity contribution in [3.63, 3.8) is 0 Å². The van der Waals surface area contributed by atoms with Crippen LogP contribution in [-0.2, 0) is 9.53 Å². The molecule has 0 bridgehead atoms. The van der Waals surface area contributed by atoms with E-state index < -0.39 is 0 Å². The van der Waals surface area contributed by atoms with Gasteiger partial charge in [0.2, 0.25) is 0 Å². The van der Waals surface area contributed by atoms with Gasteiger partial charge in [-0.1, -0.05) is 24.9 Å². The van der Waals surface area contributed by atoms with E-state index in [9.17, 15) is 4.79 Å². The van der Waals surface area contributed by atoms with Gasteiger partial charge in [-0.2, -0.15) is 11.8 Å². The highest BCUT2D eigenvalue weighted by Crippen LogP contribution is 2.17. The highest BCUT2D eigenvalue weighted by Gasteiger charge is 2.13. The van der Waals surface area contributed by atoms with Gasteiger partial charge in [0.25, 0.3) is 0 Å².